The molecule has 0 fully saturated rings. The first kappa shape index (κ1) is 29.5. The van der Waals surface area contributed by atoms with E-state index in [0.717, 1.165) is 23.3 Å². The third-order valence-corrected chi connectivity index (χ3v) is 9.42. The molecule has 8 heteroatoms. The van der Waals surface area contributed by atoms with Gasteiger partial charge in [-0.2, -0.15) is 26.3 Å². The highest BCUT2D eigenvalue weighted by Gasteiger charge is 2.47. The van der Waals surface area contributed by atoms with E-state index in [2.05, 4.69) is 26.8 Å². The summed E-state index contributed by atoms with van der Waals surface area (Å²) in [5.41, 5.74) is 0.986. The van der Waals surface area contributed by atoms with Gasteiger partial charge in [-0.3, -0.25) is 0 Å². The number of hydrogen-bond acceptors (Lipinski definition) is 1. The highest BCUT2D eigenvalue weighted by atomic mass is 31.1. The first-order chi connectivity index (χ1) is 17.6. The summed E-state index contributed by atoms with van der Waals surface area (Å²) in [6, 6.07) is 12.5. The monoisotopic (exact) mass is 566 g/mol. The lowest BCUT2D eigenvalue weighted by atomic mass is 9.72. The molecule has 0 bridgehead atoms. The predicted octanol–water partition coefficient (Wildman–Crippen LogP) is 9.68. The molecule has 3 aromatic rings. The fourth-order valence-electron chi connectivity index (χ4n) is 4.83. The molecule has 1 unspecified atom stereocenters. The van der Waals surface area contributed by atoms with E-state index in [-0.39, 0.29) is 21.8 Å². The van der Waals surface area contributed by atoms with Gasteiger partial charge in [0.2, 0.25) is 0 Å². The molecule has 1 aliphatic heterocycles. The molecule has 3 aromatic carbocycles. The Morgan fingerprint density at radius 1 is 0.641 bits per heavy atom. The minimum atomic E-state index is -4.72. The quantitative estimate of drug-likeness (QED) is 0.222. The Morgan fingerprint density at radius 2 is 1.15 bits per heavy atom. The molecule has 0 spiro atoms. The summed E-state index contributed by atoms with van der Waals surface area (Å²) in [5, 5.41) is -0.257. The van der Waals surface area contributed by atoms with Gasteiger partial charge in [0.15, 0.2) is 0 Å². The number of hydrogen-bond donors (Lipinski definition) is 0. The molecule has 0 aliphatic carbocycles. The Hall–Kier alpha value is -2.53. The third kappa shape index (κ3) is 5.57. The van der Waals surface area contributed by atoms with Crippen LogP contribution in [-0.2, 0) is 22.4 Å². The zero-order valence-electron chi connectivity index (χ0n) is 23.3. The molecule has 4 rings (SSSR count). The minimum Gasteiger partial charge on any atom is -0.456 e. The number of halogens is 6. The number of fused-ring (bicyclic) bond motifs is 2. The van der Waals surface area contributed by atoms with Crippen LogP contribution in [0.25, 0.3) is 0 Å². The van der Waals surface area contributed by atoms with Crippen LogP contribution in [0.3, 0.4) is 0 Å². The van der Waals surface area contributed by atoms with Crippen molar-refractivity contribution in [1.29, 1.82) is 0 Å². The summed E-state index contributed by atoms with van der Waals surface area (Å²) in [7, 11) is -3.07. The third-order valence-electron chi connectivity index (χ3n) is 7.29. The van der Waals surface area contributed by atoms with Crippen molar-refractivity contribution in [3.63, 3.8) is 0 Å². The Kier molecular flexibility index (Phi) is 6.99. The van der Waals surface area contributed by atoms with Crippen molar-refractivity contribution in [3.05, 3.63) is 82.4 Å². The van der Waals surface area contributed by atoms with Gasteiger partial charge in [-0.1, -0.05) is 85.7 Å². The second-order valence-electron chi connectivity index (χ2n) is 12.7. The Balaban J connectivity index is 2.00. The Labute approximate surface area is 227 Å². The van der Waals surface area contributed by atoms with Gasteiger partial charge in [0, 0.05) is 21.8 Å². The van der Waals surface area contributed by atoms with Gasteiger partial charge in [-0.05, 0) is 51.5 Å². The highest BCUT2D eigenvalue weighted by molar-refractivity contribution is 7.74. The summed E-state index contributed by atoms with van der Waals surface area (Å²) in [5.74, 6) is -4.11. The molecule has 0 amide bonds. The van der Waals surface area contributed by atoms with Crippen molar-refractivity contribution >= 4 is 18.5 Å². The van der Waals surface area contributed by atoms with Crippen molar-refractivity contribution in [2.24, 2.45) is 0 Å². The van der Waals surface area contributed by atoms with Crippen LogP contribution in [0.4, 0.5) is 26.3 Å². The lowest BCUT2D eigenvalue weighted by molar-refractivity contribution is -0.137. The van der Waals surface area contributed by atoms with Gasteiger partial charge >= 0.3 is 12.1 Å². The zero-order chi connectivity index (χ0) is 29.3. The summed E-state index contributed by atoms with van der Waals surface area (Å²) in [4.78, 5) is 0. The van der Waals surface area contributed by atoms with E-state index in [1.807, 2.05) is 46.8 Å². The van der Waals surface area contributed by atoms with Crippen LogP contribution in [0.2, 0.25) is 0 Å². The second kappa shape index (κ2) is 9.26. The maximum atomic E-state index is 14.8. The molecule has 1 heterocycles. The van der Waals surface area contributed by atoms with Crippen molar-refractivity contribution in [3.8, 4) is 11.5 Å². The molecule has 1 nitrogen and oxygen atoms in total. The molecule has 0 saturated heterocycles. The SMILES string of the molecule is CC(C)(C)c1ccc2c(c1)C(C)(C)c1cc(C(C)(C)C)cc(P(c3ccc(C(F)(F)F)cc3)C(F)(F)F)c1O2. The Morgan fingerprint density at radius 3 is 1.64 bits per heavy atom. The molecule has 0 N–H and O–H groups in total. The topological polar surface area (TPSA) is 9.23 Å². The van der Waals surface area contributed by atoms with E-state index < -0.39 is 36.4 Å². The highest BCUT2D eigenvalue weighted by Crippen LogP contribution is 2.57. The molecule has 210 valence electrons. The largest absolute Gasteiger partial charge is 0.456 e. The number of benzene rings is 3. The molecular formula is C31H33F6OP. The van der Waals surface area contributed by atoms with Crippen LogP contribution in [0.1, 0.15) is 83.2 Å². The lowest BCUT2D eigenvalue weighted by Gasteiger charge is -2.39. The predicted molar refractivity (Wildman–Crippen MR) is 146 cm³/mol. The average Bonchev–Trinajstić information content (AvgIpc) is 2.77. The molecule has 0 radical (unpaired) electrons. The lowest BCUT2D eigenvalue weighted by Crippen LogP contribution is -2.32. The maximum Gasteiger partial charge on any atom is 0.416 e. The first-order valence-electron chi connectivity index (χ1n) is 12.7. The first-order valence-corrected chi connectivity index (χ1v) is 14.0. The van der Waals surface area contributed by atoms with E-state index in [4.69, 9.17) is 4.74 Å². The van der Waals surface area contributed by atoms with Crippen LogP contribution >= 0.6 is 7.92 Å². The van der Waals surface area contributed by atoms with Gasteiger partial charge in [0.05, 0.1) is 13.5 Å². The van der Waals surface area contributed by atoms with Crippen molar-refractivity contribution in [2.75, 3.05) is 0 Å². The van der Waals surface area contributed by atoms with E-state index in [9.17, 15) is 26.3 Å². The van der Waals surface area contributed by atoms with Gasteiger partial charge in [0.25, 0.3) is 0 Å². The normalized spacial score (nSPS) is 16.3. The van der Waals surface area contributed by atoms with Crippen LogP contribution in [0.5, 0.6) is 11.5 Å². The molecule has 1 atom stereocenters. The summed E-state index contributed by atoms with van der Waals surface area (Å²) in [6.45, 7) is 16.0. The number of alkyl halides is 6. The Bertz CT molecular complexity index is 1390. The molecular weight excluding hydrogens is 533 g/mol. The summed E-state index contributed by atoms with van der Waals surface area (Å²) < 4.78 is 90.4. The number of rotatable bonds is 2. The van der Waals surface area contributed by atoms with Gasteiger partial charge < -0.3 is 4.74 Å². The molecule has 0 saturated carbocycles. The smallest absolute Gasteiger partial charge is 0.416 e. The van der Waals surface area contributed by atoms with E-state index >= 15 is 0 Å². The molecule has 0 aromatic heterocycles. The maximum absolute atomic E-state index is 14.8. The average molecular weight is 567 g/mol. The van der Waals surface area contributed by atoms with Crippen molar-refractivity contribution in [2.45, 2.75) is 83.7 Å². The van der Waals surface area contributed by atoms with Crippen molar-refractivity contribution in [1.82, 2.24) is 0 Å². The fraction of sp³-hybridized carbons (Fsp3) is 0.419. The summed E-state index contributed by atoms with van der Waals surface area (Å²) >= 11 is 0. The summed E-state index contributed by atoms with van der Waals surface area (Å²) in [6.07, 6.45) is -4.65. The van der Waals surface area contributed by atoms with Gasteiger partial charge in [-0.15, -0.1) is 0 Å². The van der Waals surface area contributed by atoms with Crippen LogP contribution in [0.15, 0.2) is 54.6 Å². The van der Waals surface area contributed by atoms with Crippen molar-refractivity contribution < 1.29 is 31.1 Å². The zero-order valence-corrected chi connectivity index (χ0v) is 24.2. The van der Waals surface area contributed by atoms with Crippen LogP contribution < -0.4 is 15.3 Å². The molecule has 39 heavy (non-hydrogen) atoms. The standard InChI is InChI=1S/C31H33F6OP/c1-27(2,3)19-11-14-24-22(15-19)29(7,8)23-16-20(28(4,5)6)17-25(26(23)38-24)39(31(35,36)37)21-12-9-18(10-13-21)30(32,33)34/h9-17H,1-8H3. The van der Waals surface area contributed by atoms with E-state index in [0.29, 0.717) is 29.0 Å². The van der Waals surface area contributed by atoms with E-state index in [1.54, 1.807) is 6.07 Å². The van der Waals surface area contributed by atoms with Crippen LogP contribution in [0, 0.1) is 0 Å². The molecule has 1 aliphatic rings. The van der Waals surface area contributed by atoms with Crippen LogP contribution in [-0.4, -0.2) is 5.92 Å². The van der Waals surface area contributed by atoms with Gasteiger partial charge in [0.1, 0.15) is 11.5 Å². The number of ether oxygens (including phenoxy) is 1. The fourth-order valence-corrected chi connectivity index (χ4v) is 6.76. The van der Waals surface area contributed by atoms with E-state index in [1.165, 1.54) is 6.07 Å². The minimum absolute atomic E-state index is 0.0432. The van der Waals surface area contributed by atoms with Gasteiger partial charge in [-0.25, -0.2) is 0 Å². The second-order valence-corrected chi connectivity index (χ2v) is 14.8.